The molecule has 1 fully saturated rings. The molecule has 0 aliphatic carbocycles. The Morgan fingerprint density at radius 2 is 2.06 bits per heavy atom. The number of amides is 1. The molecule has 1 aromatic carbocycles. The van der Waals surface area contributed by atoms with Gasteiger partial charge in [-0.25, -0.2) is 0 Å². The van der Waals surface area contributed by atoms with Gasteiger partial charge in [0.1, 0.15) is 6.54 Å². The van der Waals surface area contributed by atoms with Gasteiger partial charge in [0.25, 0.3) is 5.56 Å². The second-order valence-electron chi connectivity index (χ2n) is 8.08. The number of alkyl halides is 3. The Hall–Kier alpha value is -2.09. The largest absolute Gasteiger partial charge is 0.416 e. The summed E-state index contributed by atoms with van der Waals surface area (Å²) in [7, 11) is 0. The summed E-state index contributed by atoms with van der Waals surface area (Å²) >= 11 is 10.9. The van der Waals surface area contributed by atoms with E-state index in [0.717, 1.165) is 44.1 Å². The van der Waals surface area contributed by atoms with Crippen molar-refractivity contribution in [3.63, 3.8) is 0 Å². The van der Waals surface area contributed by atoms with Crippen LogP contribution in [0.4, 0.5) is 18.9 Å². The third-order valence-corrected chi connectivity index (χ3v) is 8.28. The summed E-state index contributed by atoms with van der Waals surface area (Å²) in [6.45, 7) is 1.33. The normalized spacial score (nSPS) is 17.3. The van der Waals surface area contributed by atoms with E-state index in [0.29, 0.717) is 17.0 Å². The number of hydrogen-bond acceptors (Lipinski definition) is 6. The monoisotopic (exact) mass is 576 g/mol. The molecule has 34 heavy (non-hydrogen) atoms. The van der Waals surface area contributed by atoms with Crippen LogP contribution in [0.25, 0.3) is 5.78 Å². The molecule has 1 spiro atoms. The molecule has 1 saturated heterocycles. The Bertz CT molecular complexity index is 1370. The van der Waals surface area contributed by atoms with Crippen LogP contribution in [0.2, 0.25) is 5.02 Å². The van der Waals surface area contributed by atoms with Gasteiger partial charge >= 0.3 is 6.18 Å². The minimum atomic E-state index is -4.54. The summed E-state index contributed by atoms with van der Waals surface area (Å²) in [5, 5.41) is 9.81. The van der Waals surface area contributed by atoms with Crippen molar-refractivity contribution in [1.29, 1.82) is 0 Å². The molecule has 5 rings (SSSR count). The van der Waals surface area contributed by atoms with E-state index in [1.54, 1.807) is 16.3 Å². The number of carbonyl (C=O) groups excluding carboxylic acids is 1. The maximum Gasteiger partial charge on any atom is 0.416 e. The molecule has 2 aliphatic heterocycles. The van der Waals surface area contributed by atoms with Gasteiger partial charge in [-0.3, -0.25) is 9.59 Å². The van der Waals surface area contributed by atoms with Crippen molar-refractivity contribution in [3.8, 4) is 0 Å². The number of fused-ring (bicyclic) bond motifs is 3. The van der Waals surface area contributed by atoms with Gasteiger partial charge in [-0.05, 0) is 60.1 Å². The Morgan fingerprint density at radius 1 is 1.32 bits per heavy atom. The van der Waals surface area contributed by atoms with Crippen LogP contribution in [-0.2, 0) is 28.0 Å². The lowest BCUT2D eigenvalue weighted by Crippen LogP contribution is -2.41. The van der Waals surface area contributed by atoms with Crippen LogP contribution < -0.4 is 16.2 Å². The Balaban J connectivity index is 1.52. The molecule has 1 amide bonds. The smallest absolute Gasteiger partial charge is 0.323 e. The number of nitrogens with one attached hydrogen (secondary N) is 2. The van der Waals surface area contributed by atoms with Crippen LogP contribution in [0.3, 0.4) is 0 Å². The van der Waals surface area contributed by atoms with Crippen LogP contribution in [0, 0.1) is 0 Å². The fourth-order valence-electron chi connectivity index (χ4n) is 4.48. The zero-order valence-electron chi connectivity index (χ0n) is 17.4. The second kappa shape index (κ2) is 8.54. The first-order valence-corrected chi connectivity index (χ1v) is 12.4. The average Bonchev–Trinajstić information content (AvgIpc) is 3.34. The first-order valence-electron chi connectivity index (χ1n) is 10.3. The maximum atomic E-state index is 13.4. The molecular weight excluding hydrogens is 561 g/mol. The number of rotatable bonds is 3. The number of piperidine rings is 1. The molecule has 2 aliphatic rings. The standard InChI is InChI=1S/C20H17BrClF3N6O2S/c21-17-28-18-30(8-14(32)27-12-2-1-10(7-11(12)22)20(23,24)25)13-9-34-19(3-5-26-6-4-19)15(13)16(33)31(18)29-17/h1-2,7,26H,3-6,8-9H2,(H,27,32). The maximum absolute atomic E-state index is 13.4. The summed E-state index contributed by atoms with van der Waals surface area (Å²) in [5.74, 6) is 0.209. The molecule has 3 aromatic rings. The average molecular weight is 578 g/mol. The number of carbonyl (C=O) groups is 1. The van der Waals surface area contributed by atoms with Crippen molar-refractivity contribution in [3.05, 3.63) is 55.1 Å². The molecule has 2 aromatic heterocycles. The molecule has 0 bridgehead atoms. The Kier molecular flexibility index (Phi) is 5.94. The van der Waals surface area contributed by atoms with Gasteiger partial charge in [0.2, 0.25) is 16.4 Å². The Labute approximate surface area is 208 Å². The zero-order valence-corrected chi connectivity index (χ0v) is 20.5. The lowest BCUT2D eigenvalue weighted by atomic mass is 9.89. The summed E-state index contributed by atoms with van der Waals surface area (Å²) in [4.78, 5) is 30.6. The van der Waals surface area contributed by atoms with Gasteiger partial charge in [0, 0.05) is 11.4 Å². The van der Waals surface area contributed by atoms with E-state index in [9.17, 15) is 22.8 Å². The highest BCUT2D eigenvalue weighted by molar-refractivity contribution is 9.10. The van der Waals surface area contributed by atoms with Crippen LogP contribution in [0.15, 0.2) is 27.7 Å². The first kappa shape index (κ1) is 23.6. The van der Waals surface area contributed by atoms with Gasteiger partial charge in [-0.2, -0.15) is 22.7 Å². The predicted molar refractivity (Wildman–Crippen MR) is 125 cm³/mol. The van der Waals surface area contributed by atoms with E-state index in [2.05, 4.69) is 36.6 Å². The third kappa shape index (κ3) is 4.01. The molecule has 2 N–H and O–H groups in total. The van der Waals surface area contributed by atoms with Crippen molar-refractivity contribution in [2.45, 2.75) is 36.1 Å². The van der Waals surface area contributed by atoms with Crippen molar-refractivity contribution in [1.82, 2.24) is 24.5 Å². The second-order valence-corrected chi connectivity index (χ2v) is 10.6. The number of anilines is 1. The highest BCUT2D eigenvalue weighted by Gasteiger charge is 2.45. The number of thioether (sulfide) groups is 1. The van der Waals surface area contributed by atoms with Gasteiger partial charge in [0.05, 0.1) is 26.6 Å². The fraction of sp³-hybridized carbons (Fsp3) is 0.400. The summed E-state index contributed by atoms with van der Waals surface area (Å²) < 4.78 is 41.4. The number of halogens is 5. The van der Waals surface area contributed by atoms with Crippen molar-refractivity contribution in [2.24, 2.45) is 0 Å². The van der Waals surface area contributed by atoms with E-state index < -0.39 is 17.6 Å². The van der Waals surface area contributed by atoms with Crippen LogP contribution in [-0.4, -0.2) is 38.2 Å². The van der Waals surface area contributed by atoms with Crippen molar-refractivity contribution < 1.29 is 18.0 Å². The van der Waals surface area contributed by atoms with E-state index >= 15 is 0 Å². The number of nitrogens with zero attached hydrogens (tertiary/aromatic N) is 4. The van der Waals surface area contributed by atoms with Crippen molar-refractivity contribution in [2.75, 3.05) is 18.4 Å². The minimum absolute atomic E-state index is 0.0558. The van der Waals surface area contributed by atoms with Crippen LogP contribution in [0.1, 0.15) is 29.7 Å². The Morgan fingerprint density at radius 3 is 2.74 bits per heavy atom. The van der Waals surface area contributed by atoms with Gasteiger partial charge < -0.3 is 15.2 Å². The predicted octanol–water partition coefficient (Wildman–Crippen LogP) is 3.79. The lowest BCUT2D eigenvalue weighted by molar-refractivity contribution is -0.137. The van der Waals surface area contributed by atoms with E-state index in [1.165, 1.54) is 4.52 Å². The number of hydrogen-bond donors (Lipinski definition) is 2. The summed E-state index contributed by atoms with van der Waals surface area (Å²) in [6, 6.07) is 2.73. The molecular formula is C20H17BrClF3N6O2S. The van der Waals surface area contributed by atoms with E-state index in [1.807, 2.05) is 0 Å². The summed E-state index contributed by atoms with van der Waals surface area (Å²) in [5.41, 5.74) is 0.230. The topological polar surface area (TPSA) is 93.3 Å². The first-order chi connectivity index (χ1) is 16.1. The van der Waals surface area contributed by atoms with Crippen LogP contribution >= 0.6 is 39.3 Å². The van der Waals surface area contributed by atoms with Crippen LogP contribution in [0.5, 0.6) is 0 Å². The van der Waals surface area contributed by atoms with Gasteiger partial charge in [-0.1, -0.05) is 11.6 Å². The minimum Gasteiger partial charge on any atom is -0.323 e. The van der Waals surface area contributed by atoms with Crippen molar-refractivity contribution >= 4 is 56.7 Å². The summed E-state index contributed by atoms with van der Waals surface area (Å²) in [6.07, 6.45) is -3.00. The SMILES string of the molecule is O=C(Cn1c2c(c(=O)n3nc(Br)nc13)C1(CCNCC1)SC2)Nc1ccc(C(F)(F)F)cc1Cl. The zero-order chi connectivity index (χ0) is 24.3. The quantitative estimate of drug-likeness (QED) is 0.492. The van der Waals surface area contributed by atoms with Gasteiger partial charge in [-0.15, -0.1) is 16.9 Å². The lowest BCUT2D eigenvalue weighted by Gasteiger charge is -2.33. The molecule has 0 saturated carbocycles. The molecule has 0 atom stereocenters. The molecule has 0 unspecified atom stereocenters. The third-order valence-electron chi connectivity index (χ3n) is 6.05. The number of aromatic nitrogens is 4. The van der Waals surface area contributed by atoms with Gasteiger partial charge in [0.15, 0.2) is 0 Å². The molecule has 4 heterocycles. The molecule has 14 heteroatoms. The molecule has 0 radical (unpaired) electrons. The highest BCUT2D eigenvalue weighted by Crippen LogP contribution is 2.51. The highest BCUT2D eigenvalue weighted by atomic mass is 79.9. The molecule has 8 nitrogen and oxygen atoms in total. The van der Waals surface area contributed by atoms with E-state index in [4.69, 9.17) is 11.6 Å². The molecule has 180 valence electrons. The number of benzene rings is 1. The van der Waals surface area contributed by atoms with E-state index in [-0.39, 0.29) is 38.1 Å². The fourth-order valence-corrected chi connectivity index (χ4v) is 6.58.